The molecule has 0 saturated heterocycles. The molecule has 23 heavy (non-hydrogen) atoms. The molecule has 0 saturated carbocycles. The van der Waals surface area contributed by atoms with Crippen molar-refractivity contribution in [1.82, 2.24) is 4.57 Å². The van der Waals surface area contributed by atoms with Crippen LogP contribution in [0.4, 0.5) is 0 Å². The lowest BCUT2D eigenvalue weighted by Gasteiger charge is -2.05. The summed E-state index contributed by atoms with van der Waals surface area (Å²) in [5.74, 6) is 1.06. The Kier molecular flexibility index (Phi) is 3.93. The van der Waals surface area contributed by atoms with E-state index in [9.17, 15) is 4.79 Å². The van der Waals surface area contributed by atoms with Crippen LogP contribution >= 0.6 is 0 Å². The molecule has 0 bridgehead atoms. The molecule has 0 unspecified atom stereocenters. The number of methoxy groups -OCH3 is 2. The van der Waals surface area contributed by atoms with Crippen LogP contribution < -0.4 is 15.2 Å². The minimum Gasteiger partial charge on any atom is -0.497 e. The Labute approximate surface area is 133 Å². The van der Waals surface area contributed by atoms with Crippen LogP contribution in [-0.4, -0.2) is 18.8 Å². The first-order valence-electron chi connectivity index (χ1n) is 7.12. The van der Waals surface area contributed by atoms with E-state index >= 15 is 0 Å². The molecule has 118 valence electrons. The summed E-state index contributed by atoms with van der Waals surface area (Å²) in [4.78, 5) is 11.7. The minimum absolute atomic E-state index is 0.371. The lowest BCUT2D eigenvalue weighted by atomic mass is 10.1. The normalized spacial score (nSPS) is 11.3. The van der Waals surface area contributed by atoms with E-state index in [1.165, 1.54) is 4.57 Å². The summed E-state index contributed by atoms with van der Waals surface area (Å²) in [6, 6.07) is 11.3. The van der Waals surface area contributed by atoms with Crippen LogP contribution in [0.15, 0.2) is 45.6 Å². The van der Waals surface area contributed by atoms with Gasteiger partial charge in [0, 0.05) is 18.7 Å². The number of hydrogen-bond donors (Lipinski definition) is 0. The number of oxazole rings is 1. The predicted molar refractivity (Wildman–Crippen MR) is 89.9 cm³/mol. The highest BCUT2D eigenvalue weighted by atomic mass is 16.5. The number of aryl methyl sites for hydroxylation is 1. The van der Waals surface area contributed by atoms with Crippen molar-refractivity contribution >= 4 is 23.3 Å². The molecule has 5 heteroatoms. The first-order chi connectivity index (χ1) is 11.1. The molecule has 1 aromatic heterocycles. The highest BCUT2D eigenvalue weighted by Crippen LogP contribution is 2.25. The van der Waals surface area contributed by atoms with Gasteiger partial charge in [-0.1, -0.05) is 24.3 Å². The molecule has 3 aromatic rings. The molecule has 0 atom stereocenters. The van der Waals surface area contributed by atoms with E-state index in [4.69, 9.17) is 13.9 Å². The standard InChI is InChI=1S/C18H17NO4/c1-19-16-6-4-5-13(17(16)23-18(19)20)8-7-12-9-14(21-2)11-15(10-12)22-3/h4-11H,1-3H3/b8-7-. The quantitative estimate of drug-likeness (QED) is 0.694. The molecule has 0 fully saturated rings. The highest BCUT2D eigenvalue weighted by Gasteiger charge is 2.08. The molecule has 0 N–H and O–H groups in total. The zero-order valence-electron chi connectivity index (χ0n) is 13.2. The Balaban J connectivity index is 2.04. The predicted octanol–water partition coefficient (Wildman–Crippen LogP) is 3.32. The number of rotatable bonds is 4. The monoisotopic (exact) mass is 311 g/mol. The molecule has 2 aromatic carbocycles. The van der Waals surface area contributed by atoms with Gasteiger partial charge in [0.25, 0.3) is 0 Å². The van der Waals surface area contributed by atoms with Crippen LogP contribution in [-0.2, 0) is 7.05 Å². The SMILES string of the molecule is COc1cc(/C=C\c2cccc3c2oc(=O)n3C)cc(OC)c1. The van der Waals surface area contributed by atoms with Crippen molar-refractivity contribution in [3.05, 3.63) is 58.1 Å². The fraction of sp³-hybridized carbons (Fsp3) is 0.167. The van der Waals surface area contributed by atoms with Crippen LogP contribution in [0, 0.1) is 0 Å². The van der Waals surface area contributed by atoms with Gasteiger partial charge < -0.3 is 13.9 Å². The molecule has 1 heterocycles. The zero-order valence-corrected chi connectivity index (χ0v) is 13.2. The lowest BCUT2D eigenvalue weighted by molar-refractivity contribution is 0.394. The summed E-state index contributed by atoms with van der Waals surface area (Å²) < 4.78 is 17.3. The van der Waals surface area contributed by atoms with Gasteiger partial charge in [-0.15, -0.1) is 0 Å². The van der Waals surface area contributed by atoms with Crippen LogP contribution in [0.2, 0.25) is 0 Å². The van der Waals surface area contributed by atoms with Crippen molar-refractivity contribution < 1.29 is 13.9 Å². The second-order valence-electron chi connectivity index (χ2n) is 5.10. The van der Waals surface area contributed by atoms with Gasteiger partial charge >= 0.3 is 5.76 Å². The number of ether oxygens (including phenoxy) is 2. The van der Waals surface area contributed by atoms with Crippen molar-refractivity contribution in [3.63, 3.8) is 0 Å². The van der Waals surface area contributed by atoms with Gasteiger partial charge in [-0.25, -0.2) is 4.79 Å². The Morgan fingerprint density at radius 1 is 1.04 bits per heavy atom. The summed E-state index contributed by atoms with van der Waals surface area (Å²) in [6.07, 6.45) is 3.83. The van der Waals surface area contributed by atoms with Gasteiger partial charge in [-0.2, -0.15) is 0 Å². The average molecular weight is 311 g/mol. The Morgan fingerprint density at radius 2 is 1.74 bits per heavy atom. The lowest BCUT2D eigenvalue weighted by Crippen LogP contribution is -2.08. The Hall–Kier alpha value is -2.95. The molecule has 0 radical (unpaired) electrons. The molecular formula is C18H17NO4. The molecule has 0 spiro atoms. The van der Waals surface area contributed by atoms with Crippen LogP contribution in [0.3, 0.4) is 0 Å². The van der Waals surface area contributed by atoms with E-state index in [2.05, 4.69) is 0 Å². The van der Waals surface area contributed by atoms with Gasteiger partial charge in [0.05, 0.1) is 19.7 Å². The number of hydrogen-bond acceptors (Lipinski definition) is 4. The van der Waals surface area contributed by atoms with Gasteiger partial charge in [0.1, 0.15) is 11.5 Å². The highest BCUT2D eigenvalue weighted by molar-refractivity contribution is 5.86. The van der Waals surface area contributed by atoms with Gasteiger partial charge in [0.15, 0.2) is 5.58 Å². The number of fused-ring (bicyclic) bond motifs is 1. The largest absolute Gasteiger partial charge is 0.497 e. The Bertz CT molecular complexity index is 912. The van der Waals surface area contributed by atoms with Gasteiger partial charge in [0.2, 0.25) is 0 Å². The van der Waals surface area contributed by atoms with Crippen LogP contribution in [0.1, 0.15) is 11.1 Å². The smallest absolute Gasteiger partial charge is 0.419 e. The number of benzene rings is 2. The van der Waals surface area contributed by atoms with E-state index in [1.54, 1.807) is 21.3 Å². The minimum atomic E-state index is -0.371. The molecule has 0 aliphatic carbocycles. The van der Waals surface area contributed by atoms with Crippen molar-refractivity contribution in [1.29, 1.82) is 0 Å². The zero-order chi connectivity index (χ0) is 16.4. The van der Waals surface area contributed by atoms with E-state index in [1.807, 2.05) is 48.6 Å². The topological polar surface area (TPSA) is 53.6 Å². The molecule has 0 aliphatic rings. The van der Waals surface area contributed by atoms with Gasteiger partial charge in [-0.05, 0) is 23.8 Å². The Morgan fingerprint density at radius 3 is 2.39 bits per heavy atom. The summed E-state index contributed by atoms with van der Waals surface area (Å²) >= 11 is 0. The molecule has 0 amide bonds. The first-order valence-corrected chi connectivity index (χ1v) is 7.12. The third-order valence-electron chi connectivity index (χ3n) is 3.68. The first kappa shape index (κ1) is 15.0. The number of para-hydroxylation sites is 1. The van der Waals surface area contributed by atoms with Crippen molar-refractivity contribution in [2.24, 2.45) is 7.05 Å². The average Bonchev–Trinajstić information content (AvgIpc) is 2.88. The maximum absolute atomic E-state index is 11.7. The number of nitrogens with zero attached hydrogens (tertiary/aromatic N) is 1. The maximum Gasteiger partial charge on any atom is 0.419 e. The van der Waals surface area contributed by atoms with Crippen LogP contribution in [0.5, 0.6) is 11.5 Å². The third-order valence-corrected chi connectivity index (χ3v) is 3.68. The summed E-state index contributed by atoms with van der Waals surface area (Å²) in [6.45, 7) is 0. The van der Waals surface area contributed by atoms with Gasteiger partial charge in [-0.3, -0.25) is 4.57 Å². The molecule has 5 nitrogen and oxygen atoms in total. The maximum atomic E-state index is 11.7. The van der Waals surface area contributed by atoms with Crippen molar-refractivity contribution in [2.45, 2.75) is 0 Å². The molecule has 3 rings (SSSR count). The number of aromatic nitrogens is 1. The van der Waals surface area contributed by atoms with E-state index in [-0.39, 0.29) is 5.76 Å². The fourth-order valence-corrected chi connectivity index (χ4v) is 2.41. The second-order valence-corrected chi connectivity index (χ2v) is 5.10. The summed E-state index contributed by atoms with van der Waals surface area (Å²) in [7, 11) is 4.91. The van der Waals surface area contributed by atoms with E-state index in [0.717, 1.165) is 16.6 Å². The summed E-state index contributed by atoms with van der Waals surface area (Å²) in [5, 5.41) is 0. The second kappa shape index (κ2) is 6.04. The van der Waals surface area contributed by atoms with Crippen LogP contribution in [0.25, 0.3) is 23.3 Å². The molecule has 0 aliphatic heterocycles. The third kappa shape index (κ3) is 2.85. The van der Waals surface area contributed by atoms with Crippen molar-refractivity contribution in [2.75, 3.05) is 14.2 Å². The van der Waals surface area contributed by atoms with E-state index < -0.39 is 0 Å². The summed E-state index contributed by atoms with van der Waals surface area (Å²) in [5.41, 5.74) is 3.10. The fourth-order valence-electron chi connectivity index (χ4n) is 2.41. The van der Waals surface area contributed by atoms with E-state index in [0.29, 0.717) is 17.1 Å². The molecular weight excluding hydrogens is 294 g/mol. The van der Waals surface area contributed by atoms with Crippen molar-refractivity contribution in [3.8, 4) is 11.5 Å².